The van der Waals surface area contributed by atoms with Gasteiger partial charge >= 0.3 is 0 Å². The number of anilines is 1. The largest absolute Gasteiger partial charge is 0.493 e. The van der Waals surface area contributed by atoms with Gasteiger partial charge in [0.2, 0.25) is 23.6 Å². The van der Waals surface area contributed by atoms with Crippen LogP contribution in [-0.2, 0) is 9.59 Å². The third-order valence-electron chi connectivity index (χ3n) is 2.50. The molecule has 90 valence electrons. The highest BCUT2D eigenvalue weighted by molar-refractivity contribution is 5.98. The van der Waals surface area contributed by atoms with Crippen LogP contribution in [0.5, 0.6) is 5.88 Å². The van der Waals surface area contributed by atoms with Crippen LogP contribution in [-0.4, -0.2) is 33.4 Å². The fourth-order valence-corrected chi connectivity index (χ4v) is 1.66. The number of nitrogens with two attached hydrogens (primary N) is 1. The molecule has 1 saturated heterocycles. The molecule has 0 saturated carbocycles. The number of amides is 2. The molecule has 8 nitrogen and oxygen atoms in total. The number of nitrogens with one attached hydrogen (secondary N) is 1. The Bertz CT molecular complexity index is 538. The van der Waals surface area contributed by atoms with Crippen LogP contribution >= 0.6 is 0 Å². The Hall–Kier alpha value is -2.38. The molecule has 2 amide bonds. The lowest BCUT2D eigenvalue weighted by Gasteiger charge is -2.13. The van der Waals surface area contributed by atoms with Gasteiger partial charge in [-0.25, -0.2) is 0 Å². The van der Waals surface area contributed by atoms with E-state index >= 15 is 0 Å². The minimum atomic E-state index is -0.602. The predicted molar refractivity (Wildman–Crippen MR) is 56.2 cm³/mol. The Morgan fingerprint density at radius 3 is 2.82 bits per heavy atom. The summed E-state index contributed by atoms with van der Waals surface area (Å²) in [6.45, 7) is 0.0561. The number of primary amides is 1. The van der Waals surface area contributed by atoms with Gasteiger partial charge in [-0.05, 0) is 0 Å². The van der Waals surface area contributed by atoms with Gasteiger partial charge in [0.1, 0.15) is 0 Å². The van der Waals surface area contributed by atoms with Gasteiger partial charge in [0.25, 0.3) is 5.56 Å². The highest BCUT2D eigenvalue weighted by Gasteiger charge is 2.35. The minimum absolute atomic E-state index is 0.0191. The van der Waals surface area contributed by atoms with E-state index in [2.05, 4.69) is 9.97 Å². The van der Waals surface area contributed by atoms with E-state index in [-0.39, 0.29) is 24.8 Å². The average Bonchev–Trinajstić information content (AvgIpc) is 2.59. The lowest BCUT2D eigenvalue weighted by atomic mass is 10.1. The summed E-state index contributed by atoms with van der Waals surface area (Å²) in [5.74, 6) is -2.12. The summed E-state index contributed by atoms with van der Waals surface area (Å²) in [6, 6.07) is 0.885. The first kappa shape index (κ1) is 11.1. The number of nitrogens with zero attached hydrogens (tertiary/aromatic N) is 2. The van der Waals surface area contributed by atoms with E-state index in [1.54, 1.807) is 0 Å². The van der Waals surface area contributed by atoms with Gasteiger partial charge in [0.15, 0.2) is 0 Å². The SMILES string of the molecule is NC(=O)C1CC(=O)N(c2nc(O)cc(=O)[nH]2)C1. The molecule has 17 heavy (non-hydrogen) atoms. The van der Waals surface area contributed by atoms with Crippen LogP contribution in [0.2, 0.25) is 0 Å². The number of aromatic nitrogens is 2. The number of rotatable bonds is 2. The molecule has 1 aliphatic heterocycles. The van der Waals surface area contributed by atoms with Crippen molar-refractivity contribution in [3.63, 3.8) is 0 Å². The molecule has 4 N–H and O–H groups in total. The second-order valence-corrected chi connectivity index (χ2v) is 3.73. The van der Waals surface area contributed by atoms with Crippen LogP contribution in [0, 0.1) is 5.92 Å². The molecular formula is C9H10N4O4. The maximum Gasteiger partial charge on any atom is 0.256 e. The molecule has 2 rings (SSSR count). The Balaban J connectivity index is 2.32. The quantitative estimate of drug-likeness (QED) is 0.566. The highest BCUT2D eigenvalue weighted by Crippen LogP contribution is 2.21. The Morgan fingerprint density at radius 2 is 2.29 bits per heavy atom. The van der Waals surface area contributed by atoms with Crippen molar-refractivity contribution in [1.82, 2.24) is 9.97 Å². The standard InChI is InChI=1S/C9H10N4O4/c10-8(17)4-1-7(16)13(3-4)9-11-5(14)2-6(15)12-9/h2,4H,1,3H2,(H2,10,17)(H2,11,12,14,15). The molecule has 0 aromatic carbocycles. The van der Waals surface area contributed by atoms with Crippen LogP contribution in [0.4, 0.5) is 5.95 Å². The average molecular weight is 238 g/mol. The first-order valence-electron chi connectivity index (χ1n) is 4.87. The summed E-state index contributed by atoms with van der Waals surface area (Å²) in [5.41, 5.74) is 4.52. The normalized spacial score (nSPS) is 19.6. The first-order valence-corrected chi connectivity index (χ1v) is 4.87. The monoisotopic (exact) mass is 238 g/mol. The van der Waals surface area contributed by atoms with Gasteiger partial charge in [-0.15, -0.1) is 0 Å². The third kappa shape index (κ3) is 2.10. The molecule has 1 aliphatic rings. The van der Waals surface area contributed by atoms with Crippen molar-refractivity contribution in [1.29, 1.82) is 0 Å². The summed E-state index contributed by atoms with van der Waals surface area (Å²) < 4.78 is 0. The third-order valence-corrected chi connectivity index (χ3v) is 2.50. The number of hydrogen-bond acceptors (Lipinski definition) is 5. The maximum absolute atomic E-state index is 11.6. The van der Waals surface area contributed by atoms with E-state index in [0.717, 1.165) is 11.0 Å². The summed E-state index contributed by atoms with van der Waals surface area (Å²) in [7, 11) is 0. The topological polar surface area (TPSA) is 129 Å². The molecule has 0 radical (unpaired) electrons. The zero-order chi connectivity index (χ0) is 12.6. The molecule has 0 bridgehead atoms. The van der Waals surface area contributed by atoms with E-state index in [4.69, 9.17) is 10.8 Å². The van der Waals surface area contributed by atoms with Crippen molar-refractivity contribution in [2.24, 2.45) is 11.7 Å². The molecule has 1 atom stereocenters. The molecule has 1 aromatic rings. The van der Waals surface area contributed by atoms with Crippen LogP contribution in [0.15, 0.2) is 10.9 Å². The van der Waals surface area contributed by atoms with Crippen LogP contribution in [0.25, 0.3) is 0 Å². The van der Waals surface area contributed by atoms with Crippen molar-refractivity contribution < 1.29 is 14.7 Å². The van der Waals surface area contributed by atoms with Crippen molar-refractivity contribution in [3.05, 3.63) is 16.4 Å². The number of H-pyrrole nitrogens is 1. The number of carbonyl (C=O) groups excluding carboxylic acids is 2. The number of aromatic amines is 1. The summed E-state index contributed by atoms with van der Waals surface area (Å²) in [4.78, 5) is 40.7. The number of carbonyl (C=O) groups is 2. The van der Waals surface area contributed by atoms with Crippen LogP contribution < -0.4 is 16.2 Å². The Labute approximate surface area is 95.1 Å². The fourth-order valence-electron chi connectivity index (χ4n) is 1.66. The van der Waals surface area contributed by atoms with E-state index < -0.39 is 23.3 Å². The number of hydrogen-bond donors (Lipinski definition) is 3. The van der Waals surface area contributed by atoms with E-state index in [1.807, 2.05) is 0 Å². The smallest absolute Gasteiger partial charge is 0.256 e. The van der Waals surface area contributed by atoms with E-state index in [0.29, 0.717) is 0 Å². The van der Waals surface area contributed by atoms with Gasteiger partial charge in [0, 0.05) is 13.0 Å². The summed E-state index contributed by atoms with van der Waals surface area (Å²) >= 11 is 0. The molecule has 1 aromatic heterocycles. The predicted octanol–water partition coefficient (Wildman–Crippen LogP) is -1.69. The van der Waals surface area contributed by atoms with Gasteiger partial charge in [-0.2, -0.15) is 4.98 Å². The van der Waals surface area contributed by atoms with E-state index in [9.17, 15) is 14.4 Å². The molecule has 0 aliphatic carbocycles. The number of aromatic hydroxyl groups is 1. The summed E-state index contributed by atoms with van der Waals surface area (Å²) in [5, 5.41) is 9.15. The highest BCUT2D eigenvalue weighted by atomic mass is 16.3. The van der Waals surface area contributed by atoms with E-state index in [1.165, 1.54) is 0 Å². The zero-order valence-corrected chi connectivity index (χ0v) is 8.71. The molecule has 2 heterocycles. The molecule has 1 fully saturated rings. The first-order chi connectivity index (χ1) is 7.97. The van der Waals surface area contributed by atoms with Crippen molar-refractivity contribution in [2.45, 2.75) is 6.42 Å². The van der Waals surface area contributed by atoms with Crippen LogP contribution in [0.1, 0.15) is 6.42 Å². The molecular weight excluding hydrogens is 228 g/mol. The van der Waals surface area contributed by atoms with Gasteiger partial charge in [0.05, 0.1) is 12.0 Å². The minimum Gasteiger partial charge on any atom is -0.493 e. The Morgan fingerprint density at radius 1 is 1.59 bits per heavy atom. The molecule has 8 heteroatoms. The van der Waals surface area contributed by atoms with Crippen molar-refractivity contribution in [2.75, 3.05) is 11.4 Å². The van der Waals surface area contributed by atoms with Gasteiger partial charge < -0.3 is 10.8 Å². The van der Waals surface area contributed by atoms with Crippen molar-refractivity contribution in [3.8, 4) is 5.88 Å². The van der Waals surface area contributed by atoms with Crippen LogP contribution in [0.3, 0.4) is 0 Å². The Kier molecular flexibility index (Phi) is 2.54. The molecule has 0 spiro atoms. The lowest BCUT2D eigenvalue weighted by molar-refractivity contribution is -0.123. The maximum atomic E-state index is 11.6. The fraction of sp³-hybridized carbons (Fsp3) is 0.333. The lowest BCUT2D eigenvalue weighted by Crippen LogP contribution is -2.30. The molecule has 1 unspecified atom stereocenters. The summed E-state index contributed by atoms with van der Waals surface area (Å²) in [6.07, 6.45) is -0.0191. The second-order valence-electron chi connectivity index (χ2n) is 3.73. The zero-order valence-electron chi connectivity index (χ0n) is 8.71. The van der Waals surface area contributed by atoms with Crippen molar-refractivity contribution >= 4 is 17.8 Å². The second kappa shape index (κ2) is 3.89. The van der Waals surface area contributed by atoms with Gasteiger partial charge in [-0.3, -0.25) is 24.3 Å². The van der Waals surface area contributed by atoms with Gasteiger partial charge in [-0.1, -0.05) is 0 Å².